The lowest BCUT2D eigenvalue weighted by molar-refractivity contribution is -0.138. The van der Waals surface area contributed by atoms with Gasteiger partial charge in [0.15, 0.2) is 5.84 Å². The molecule has 0 fully saturated rings. The lowest BCUT2D eigenvalue weighted by Gasteiger charge is -2.14. The van der Waals surface area contributed by atoms with Gasteiger partial charge in [0, 0.05) is 13.0 Å². The van der Waals surface area contributed by atoms with E-state index in [9.17, 15) is 13.2 Å². The van der Waals surface area contributed by atoms with E-state index in [0.29, 0.717) is 6.42 Å². The number of halogens is 3. The van der Waals surface area contributed by atoms with Crippen molar-refractivity contribution in [2.45, 2.75) is 38.5 Å². The smallest absolute Gasteiger partial charge is 0.389 e. The van der Waals surface area contributed by atoms with Gasteiger partial charge in [0.05, 0.1) is 0 Å². The van der Waals surface area contributed by atoms with Gasteiger partial charge in [-0.05, 0) is 12.8 Å². The summed E-state index contributed by atoms with van der Waals surface area (Å²) >= 11 is 0. The van der Waals surface area contributed by atoms with Crippen molar-refractivity contribution in [2.24, 2.45) is 10.9 Å². The minimum atomic E-state index is -4.16. The molecular weight excluding hydrogens is 213 g/mol. The number of hydrogen-bond acceptors (Lipinski definition) is 3. The highest BCUT2D eigenvalue weighted by molar-refractivity contribution is 5.84. The molecule has 90 valence electrons. The molecule has 0 aliphatic heterocycles. The Kier molecular flexibility index (Phi) is 6.07. The van der Waals surface area contributed by atoms with Crippen molar-refractivity contribution in [3.8, 4) is 0 Å². The molecular formula is C8H15F3N2O2. The highest BCUT2D eigenvalue weighted by Crippen LogP contribution is 2.21. The number of nitrogens with two attached hydrogens (primary N) is 1. The van der Waals surface area contributed by atoms with E-state index >= 15 is 0 Å². The second-order valence-electron chi connectivity index (χ2n) is 3.01. The number of alkyl halides is 3. The first-order valence-electron chi connectivity index (χ1n) is 4.56. The predicted molar refractivity (Wildman–Crippen MR) is 48.7 cm³/mol. The van der Waals surface area contributed by atoms with Gasteiger partial charge in [0.1, 0.15) is 6.10 Å². The summed E-state index contributed by atoms with van der Waals surface area (Å²) in [6, 6.07) is 0. The zero-order valence-corrected chi connectivity index (χ0v) is 8.42. The highest BCUT2D eigenvalue weighted by Gasteiger charge is 2.26. The Morgan fingerprint density at radius 1 is 1.53 bits per heavy atom. The maximum atomic E-state index is 11.7. The van der Waals surface area contributed by atoms with Crippen LogP contribution in [0.25, 0.3) is 0 Å². The van der Waals surface area contributed by atoms with Crippen LogP contribution in [-0.4, -0.2) is 29.9 Å². The topological polar surface area (TPSA) is 67.8 Å². The summed E-state index contributed by atoms with van der Waals surface area (Å²) in [4.78, 5) is 0. The molecule has 0 saturated heterocycles. The quantitative estimate of drug-likeness (QED) is 0.240. The normalized spacial score (nSPS) is 15.3. The highest BCUT2D eigenvalue weighted by atomic mass is 19.4. The van der Waals surface area contributed by atoms with Crippen LogP contribution in [0, 0.1) is 0 Å². The number of nitrogens with zero attached hydrogens (tertiary/aromatic N) is 1. The maximum Gasteiger partial charge on any atom is 0.389 e. The fraction of sp³-hybridized carbons (Fsp3) is 0.875. The molecule has 1 atom stereocenters. The van der Waals surface area contributed by atoms with Crippen LogP contribution in [-0.2, 0) is 4.74 Å². The van der Waals surface area contributed by atoms with Crippen LogP contribution in [0.2, 0.25) is 0 Å². The first-order chi connectivity index (χ1) is 6.90. The lowest BCUT2D eigenvalue weighted by Crippen LogP contribution is -2.31. The molecule has 0 radical (unpaired) electrons. The van der Waals surface area contributed by atoms with Crippen LogP contribution in [0.4, 0.5) is 13.2 Å². The summed E-state index contributed by atoms with van der Waals surface area (Å²) < 4.78 is 40.3. The van der Waals surface area contributed by atoms with Crippen molar-refractivity contribution >= 4 is 5.84 Å². The van der Waals surface area contributed by atoms with Crippen molar-refractivity contribution in [3.05, 3.63) is 0 Å². The monoisotopic (exact) mass is 228 g/mol. The Bertz CT molecular complexity index is 207. The molecule has 0 aromatic heterocycles. The fourth-order valence-corrected chi connectivity index (χ4v) is 0.975. The molecule has 15 heavy (non-hydrogen) atoms. The van der Waals surface area contributed by atoms with Gasteiger partial charge >= 0.3 is 6.18 Å². The average molecular weight is 228 g/mol. The van der Waals surface area contributed by atoms with Crippen molar-refractivity contribution < 1.29 is 23.1 Å². The van der Waals surface area contributed by atoms with E-state index in [2.05, 4.69) is 5.16 Å². The molecule has 0 spiro atoms. The van der Waals surface area contributed by atoms with Crippen LogP contribution < -0.4 is 5.73 Å². The zero-order valence-electron chi connectivity index (χ0n) is 8.42. The van der Waals surface area contributed by atoms with Crippen LogP contribution >= 0.6 is 0 Å². The minimum absolute atomic E-state index is 0.0613. The molecule has 1 unspecified atom stereocenters. The summed E-state index contributed by atoms with van der Waals surface area (Å²) in [6.07, 6.45) is -5.36. The number of oxime groups is 1. The molecule has 4 nitrogen and oxygen atoms in total. The van der Waals surface area contributed by atoms with Gasteiger partial charge in [-0.1, -0.05) is 12.1 Å². The Hall–Kier alpha value is -0.980. The third-order valence-corrected chi connectivity index (χ3v) is 1.74. The maximum absolute atomic E-state index is 11.7. The fourth-order valence-electron chi connectivity index (χ4n) is 0.975. The Morgan fingerprint density at radius 2 is 2.13 bits per heavy atom. The van der Waals surface area contributed by atoms with E-state index in [-0.39, 0.29) is 18.9 Å². The number of ether oxygens (including phenoxy) is 1. The molecule has 3 N–H and O–H groups in total. The molecule has 0 heterocycles. The van der Waals surface area contributed by atoms with Crippen LogP contribution in [0.15, 0.2) is 5.16 Å². The van der Waals surface area contributed by atoms with Crippen LogP contribution in [0.5, 0.6) is 0 Å². The molecule has 0 amide bonds. The summed E-state index contributed by atoms with van der Waals surface area (Å²) in [7, 11) is 0. The van der Waals surface area contributed by atoms with Gasteiger partial charge in [-0.15, -0.1) is 0 Å². The van der Waals surface area contributed by atoms with E-state index in [1.54, 1.807) is 6.92 Å². The van der Waals surface area contributed by atoms with E-state index in [1.807, 2.05) is 0 Å². The summed E-state index contributed by atoms with van der Waals surface area (Å²) in [5.41, 5.74) is 5.25. The predicted octanol–water partition coefficient (Wildman–Crippen LogP) is 1.87. The molecule has 0 rings (SSSR count). The van der Waals surface area contributed by atoms with E-state index in [4.69, 9.17) is 15.7 Å². The Balaban J connectivity index is 3.74. The number of amidine groups is 1. The van der Waals surface area contributed by atoms with E-state index < -0.39 is 18.7 Å². The second kappa shape index (κ2) is 6.49. The molecule has 0 aliphatic rings. The van der Waals surface area contributed by atoms with Crippen molar-refractivity contribution in [3.63, 3.8) is 0 Å². The third kappa shape index (κ3) is 7.01. The third-order valence-electron chi connectivity index (χ3n) is 1.74. The van der Waals surface area contributed by atoms with Crippen LogP contribution in [0.1, 0.15) is 26.2 Å². The van der Waals surface area contributed by atoms with Crippen molar-refractivity contribution in [1.82, 2.24) is 0 Å². The summed E-state index contributed by atoms with van der Waals surface area (Å²) in [5, 5.41) is 11.1. The summed E-state index contributed by atoms with van der Waals surface area (Å²) in [6.45, 7) is 1.67. The SMILES string of the molecule is CCC(OCCCC(F)(F)F)C(N)=NO. The molecule has 0 aromatic carbocycles. The first-order valence-corrected chi connectivity index (χ1v) is 4.56. The van der Waals surface area contributed by atoms with Gasteiger partial charge in [-0.2, -0.15) is 13.2 Å². The van der Waals surface area contributed by atoms with Crippen molar-refractivity contribution in [2.75, 3.05) is 6.61 Å². The average Bonchev–Trinajstić information content (AvgIpc) is 2.15. The van der Waals surface area contributed by atoms with Gasteiger partial charge in [0.2, 0.25) is 0 Å². The molecule has 0 aromatic rings. The van der Waals surface area contributed by atoms with Gasteiger partial charge in [0.25, 0.3) is 0 Å². The minimum Gasteiger partial charge on any atom is -0.409 e. The summed E-state index contributed by atoms with van der Waals surface area (Å²) in [5.74, 6) is -0.121. The molecule has 0 aliphatic carbocycles. The second-order valence-corrected chi connectivity index (χ2v) is 3.01. The molecule has 0 saturated carbocycles. The Labute approximate surface area is 85.9 Å². The zero-order chi connectivity index (χ0) is 11.9. The molecule has 7 heteroatoms. The van der Waals surface area contributed by atoms with Gasteiger partial charge < -0.3 is 15.7 Å². The first kappa shape index (κ1) is 14.0. The van der Waals surface area contributed by atoms with Gasteiger partial charge in [-0.25, -0.2) is 0 Å². The van der Waals surface area contributed by atoms with Gasteiger partial charge in [-0.3, -0.25) is 0 Å². The number of rotatable bonds is 6. The van der Waals surface area contributed by atoms with Crippen molar-refractivity contribution in [1.29, 1.82) is 0 Å². The van der Waals surface area contributed by atoms with Crippen LogP contribution in [0.3, 0.4) is 0 Å². The number of hydrogen-bond donors (Lipinski definition) is 2. The standard InChI is InChI=1S/C8H15F3N2O2/c1-2-6(7(12)13-14)15-5-3-4-8(9,10)11/h6,14H,2-5H2,1H3,(H2,12,13). The van der Waals surface area contributed by atoms with E-state index in [1.165, 1.54) is 0 Å². The largest absolute Gasteiger partial charge is 0.409 e. The molecule has 0 bridgehead atoms. The van der Waals surface area contributed by atoms with E-state index in [0.717, 1.165) is 0 Å². The Morgan fingerprint density at radius 3 is 2.53 bits per heavy atom. The lowest BCUT2D eigenvalue weighted by atomic mass is 10.2.